The topological polar surface area (TPSA) is 0 Å². The van der Waals surface area contributed by atoms with Gasteiger partial charge in [0.25, 0.3) is 0 Å². The Morgan fingerprint density at radius 3 is 2.37 bits per heavy atom. The lowest BCUT2D eigenvalue weighted by Crippen LogP contribution is -1.68. The van der Waals surface area contributed by atoms with Gasteiger partial charge in [0.1, 0.15) is 0 Å². The molecule has 0 amide bonds. The molecule has 0 aromatic carbocycles. The standard InChI is InChI=1S/C15H12S4/c1-7-6-16-14-11(7)18-13-9(3)12(19-15(13)14)10-5-4-8(2)17-10/h4-6H,1-3H3. The summed E-state index contributed by atoms with van der Waals surface area (Å²) in [6.45, 7) is 6.68. The second-order valence-electron chi connectivity index (χ2n) is 4.80. The zero-order valence-corrected chi connectivity index (χ0v) is 14.1. The van der Waals surface area contributed by atoms with Gasteiger partial charge in [0.2, 0.25) is 0 Å². The van der Waals surface area contributed by atoms with Crippen molar-refractivity contribution in [1.82, 2.24) is 0 Å². The van der Waals surface area contributed by atoms with Crippen molar-refractivity contribution in [2.24, 2.45) is 0 Å². The summed E-state index contributed by atoms with van der Waals surface area (Å²) in [7, 11) is 0. The molecule has 4 heteroatoms. The number of thiophene rings is 4. The van der Waals surface area contributed by atoms with Crippen LogP contribution in [0.3, 0.4) is 0 Å². The number of hydrogen-bond acceptors (Lipinski definition) is 4. The molecule has 4 aromatic rings. The summed E-state index contributed by atoms with van der Waals surface area (Å²) in [4.78, 5) is 4.28. The van der Waals surface area contributed by atoms with E-state index in [4.69, 9.17) is 0 Å². The first kappa shape index (κ1) is 12.1. The summed E-state index contributed by atoms with van der Waals surface area (Å²) in [5.74, 6) is 0. The van der Waals surface area contributed by atoms with E-state index in [0.717, 1.165) is 0 Å². The van der Waals surface area contributed by atoms with E-state index in [1.54, 1.807) is 0 Å². The van der Waals surface area contributed by atoms with Gasteiger partial charge in [-0.2, -0.15) is 0 Å². The minimum atomic E-state index is 1.39. The van der Waals surface area contributed by atoms with Gasteiger partial charge in [-0.05, 0) is 49.4 Å². The first-order valence-electron chi connectivity index (χ1n) is 6.11. The monoisotopic (exact) mass is 320 g/mol. The van der Waals surface area contributed by atoms with Gasteiger partial charge in [-0.3, -0.25) is 0 Å². The first-order chi connectivity index (χ1) is 9.15. The van der Waals surface area contributed by atoms with Crippen LogP contribution >= 0.6 is 45.3 Å². The number of aryl methyl sites for hydroxylation is 3. The van der Waals surface area contributed by atoms with Crippen molar-refractivity contribution < 1.29 is 0 Å². The molecule has 0 aliphatic heterocycles. The number of fused-ring (bicyclic) bond motifs is 3. The fourth-order valence-corrected chi connectivity index (χ4v) is 7.58. The maximum absolute atomic E-state index is 2.28. The molecule has 0 nitrogen and oxygen atoms in total. The highest BCUT2D eigenvalue weighted by Crippen LogP contribution is 2.49. The third-order valence-electron chi connectivity index (χ3n) is 3.38. The molecule has 0 unspecified atom stereocenters. The van der Waals surface area contributed by atoms with Gasteiger partial charge >= 0.3 is 0 Å². The maximum Gasteiger partial charge on any atom is 0.0639 e. The molecule has 0 atom stereocenters. The van der Waals surface area contributed by atoms with E-state index in [0.29, 0.717) is 0 Å². The maximum atomic E-state index is 2.28. The molecule has 0 aliphatic carbocycles. The molecular formula is C15H12S4. The van der Waals surface area contributed by atoms with Crippen LogP contribution in [0.2, 0.25) is 0 Å². The number of rotatable bonds is 1. The van der Waals surface area contributed by atoms with Crippen LogP contribution in [0.25, 0.3) is 28.6 Å². The van der Waals surface area contributed by atoms with E-state index in [-0.39, 0.29) is 0 Å². The first-order valence-corrected chi connectivity index (χ1v) is 9.44. The third-order valence-corrected chi connectivity index (χ3v) is 8.82. The van der Waals surface area contributed by atoms with Gasteiger partial charge in [0.15, 0.2) is 0 Å². The van der Waals surface area contributed by atoms with Crippen molar-refractivity contribution in [3.8, 4) is 9.75 Å². The third kappa shape index (κ3) is 1.67. The van der Waals surface area contributed by atoms with Crippen LogP contribution in [0.1, 0.15) is 16.0 Å². The van der Waals surface area contributed by atoms with Gasteiger partial charge in [-0.15, -0.1) is 45.3 Å². The quantitative estimate of drug-likeness (QED) is 0.360. The van der Waals surface area contributed by atoms with Crippen LogP contribution < -0.4 is 0 Å². The lowest BCUT2D eigenvalue weighted by Gasteiger charge is -1.94. The minimum absolute atomic E-state index is 1.39. The number of hydrogen-bond donors (Lipinski definition) is 0. The van der Waals surface area contributed by atoms with Crippen LogP contribution in [0.5, 0.6) is 0 Å². The molecule has 0 saturated carbocycles. The van der Waals surface area contributed by atoms with E-state index in [1.165, 1.54) is 44.6 Å². The molecule has 0 saturated heterocycles. The lowest BCUT2D eigenvalue weighted by atomic mass is 10.2. The SMILES string of the molecule is Cc1ccc(-c2sc3c(sc4c(C)csc43)c2C)s1. The predicted octanol–water partition coefficient (Wildman–Crippen LogP) is 6.83. The van der Waals surface area contributed by atoms with Crippen molar-refractivity contribution >= 4 is 64.1 Å². The normalized spacial score (nSPS) is 11.9. The van der Waals surface area contributed by atoms with E-state index in [2.05, 4.69) is 38.3 Å². The van der Waals surface area contributed by atoms with Crippen molar-refractivity contribution in [1.29, 1.82) is 0 Å². The molecule has 0 fully saturated rings. The van der Waals surface area contributed by atoms with E-state index in [1.807, 2.05) is 45.3 Å². The summed E-state index contributed by atoms with van der Waals surface area (Å²) in [5.41, 5.74) is 2.90. The van der Waals surface area contributed by atoms with Gasteiger partial charge in [0, 0.05) is 14.6 Å². The summed E-state index contributed by atoms with van der Waals surface area (Å²) in [6.07, 6.45) is 0. The van der Waals surface area contributed by atoms with Gasteiger partial charge in [-0.25, -0.2) is 0 Å². The molecule has 4 heterocycles. The molecular weight excluding hydrogens is 308 g/mol. The summed E-state index contributed by atoms with van der Waals surface area (Å²) in [6, 6.07) is 4.48. The second-order valence-corrected chi connectivity index (χ2v) is 9.01. The largest absolute Gasteiger partial charge is 0.141 e. The van der Waals surface area contributed by atoms with Crippen molar-refractivity contribution in [2.45, 2.75) is 20.8 Å². The van der Waals surface area contributed by atoms with Crippen LogP contribution in [-0.2, 0) is 0 Å². The van der Waals surface area contributed by atoms with Crippen molar-refractivity contribution in [3.05, 3.63) is 33.5 Å². The van der Waals surface area contributed by atoms with Crippen molar-refractivity contribution in [3.63, 3.8) is 0 Å². The van der Waals surface area contributed by atoms with Crippen LogP contribution in [0, 0.1) is 20.8 Å². The molecule has 0 radical (unpaired) electrons. The Hall–Kier alpha value is -0.680. The Morgan fingerprint density at radius 2 is 1.63 bits per heavy atom. The Balaban J connectivity index is 2.06. The Morgan fingerprint density at radius 1 is 0.789 bits per heavy atom. The molecule has 0 N–H and O–H groups in total. The summed E-state index contributed by atoms with van der Waals surface area (Å²) in [5, 5.41) is 2.28. The van der Waals surface area contributed by atoms with Gasteiger partial charge in [0.05, 0.1) is 18.8 Å². The summed E-state index contributed by atoms with van der Waals surface area (Å²) >= 11 is 7.74. The van der Waals surface area contributed by atoms with Gasteiger partial charge in [-0.1, -0.05) is 0 Å². The molecule has 4 aromatic heterocycles. The van der Waals surface area contributed by atoms with Crippen LogP contribution in [0.4, 0.5) is 0 Å². The van der Waals surface area contributed by atoms with Crippen molar-refractivity contribution in [2.75, 3.05) is 0 Å². The Labute approximate surface area is 128 Å². The fraction of sp³-hybridized carbons (Fsp3) is 0.200. The Bertz CT molecular complexity index is 898. The van der Waals surface area contributed by atoms with Gasteiger partial charge < -0.3 is 0 Å². The lowest BCUT2D eigenvalue weighted by molar-refractivity contribution is 1.62. The van der Waals surface area contributed by atoms with Crippen LogP contribution in [-0.4, -0.2) is 0 Å². The Kier molecular flexibility index (Phi) is 2.64. The highest BCUT2D eigenvalue weighted by Gasteiger charge is 2.18. The zero-order valence-electron chi connectivity index (χ0n) is 10.9. The molecule has 96 valence electrons. The highest BCUT2D eigenvalue weighted by atomic mass is 32.1. The van der Waals surface area contributed by atoms with E-state index >= 15 is 0 Å². The van der Waals surface area contributed by atoms with Crippen LogP contribution in [0.15, 0.2) is 17.5 Å². The minimum Gasteiger partial charge on any atom is -0.141 e. The molecule has 19 heavy (non-hydrogen) atoms. The summed E-state index contributed by atoms with van der Waals surface area (Å²) < 4.78 is 5.97. The predicted molar refractivity (Wildman–Crippen MR) is 92.6 cm³/mol. The average Bonchev–Trinajstić information content (AvgIpc) is 3.07. The van der Waals surface area contributed by atoms with E-state index < -0.39 is 0 Å². The zero-order chi connectivity index (χ0) is 13.1. The fourth-order valence-electron chi connectivity index (χ4n) is 2.38. The molecule has 0 bridgehead atoms. The average molecular weight is 321 g/mol. The smallest absolute Gasteiger partial charge is 0.0639 e. The molecule has 4 rings (SSSR count). The molecule has 0 aliphatic rings. The second kappa shape index (κ2) is 4.16. The molecule has 0 spiro atoms. The highest BCUT2D eigenvalue weighted by molar-refractivity contribution is 7.39. The van der Waals surface area contributed by atoms with E-state index in [9.17, 15) is 0 Å².